The van der Waals surface area contributed by atoms with Gasteiger partial charge in [0.1, 0.15) is 11.9 Å². The fourth-order valence-electron chi connectivity index (χ4n) is 2.67. The SMILES string of the molecule is CCCNC1CCCC(Oc2ccc(C)cc2Cl)C1. The molecule has 1 saturated carbocycles. The third-order valence-electron chi connectivity index (χ3n) is 3.69. The molecule has 0 aliphatic heterocycles. The maximum absolute atomic E-state index is 6.23. The minimum Gasteiger partial charge on any atom is -0.489 e. The summed E-state index contributed by atoms with van der Waals surface area (Å²) in [4.78, 5) is 0. The molecule has 0 aromatic heterocycles. The summed E-state index contributed by atoms with van der Waals surface area (Å²) in [6.45, 7) is 5.35. The summed E-state index contributed by atoms with van der Waals surface area (Å²) in [6.07, 6.45) is 6.20. The van der Waals surface area contributed by atoms with E-state index in [1.807, 2.05) is 19.1 Å². The molecular weight excluding hydrogens is 258 g/mol. The first-order chi connectivity index (χ1) is 9.19. The molecule has 2 rings (SSSR count). The molecular formula is C16H24ClNO. The van der Waals surface area contributed by atoms with Crippen LogP contribution in [-0.4, -0.2) is 18.7 Å². The molecule has 0 heterocycles. The molecule has 2 unspecified atom stereocenters. The quantitative estimate of drug-likeness (QED) is 0.867. The maximum Gasteiger partial charge on any atom is 0.138 e. The fraction of sp³-hybridized carbons (Fsp3) is 0.625. The molecule has 1 aliphatic rings. The zero-order valence-corrected chi connectivity index (χ0v) is 12.7. The van der Waals surface area contributed by atoms with Crippen molar-refractivity contribution in [3.63, 3.8) is 0 Å². The van der Waals surface area contributed by atoms with E-state index in [9.17, 15) is 0 Å². The Bertz CT molecular complexity index is 408. The van der Waals surface area contributed by atoms with Gasteiger partial charge in [-0.15, -0.1) is 0 Å². The second-order valence-corrected chi connectivity index (χ2v) is 5.90. The van der Waals surface area contributed by atoms with Crippen LogP contribution in [0.5, 0.6) is 5.75 Å². The summed E-state index contributed by atoms with van der Waals surface area (Å²) in [5.74, 6) is 0.827. The third-order valence-corrected chi connectivity index (χ3v) is 3.99. The zero-order valence-electron chi connectivity index (χ0n) is 11.9. The van der Waals surface area contributed by atoms with Gasteiger partial charge in [-0.2, -0.15) is 0 Å². The molecule has 1 N–H and O–H groups in total. The second kappa shape index (κ2) is 7.16. The van der Waals surface area contributed by atoms with Gasteiger partial charge >= 0.3 is 0 Å². The Morgan fingerprint density at radius 1 is 1.37 bits per heavy atom. The van der Waals surface area contributed by atoms with Gasteiger partial charge in [-0.1, -0.05) is 24.6 Å². The smallest absolute Gasteiger partial charge is 0.138 e. The molecule has 19 heavy (non-hydrogen) atoms. The van der Waals surface area contributed by atoms with E-state index < -0.39 is 0 Å². The highest BCUT2D eigenvalue weighted by Gasteiger charge is 2.23. The predicted octanol–water partition coefficient (Wildman–Crippen LogP) is 4.34. The molecule has 0 radical (unpaired) electrons. The first-order valence-electron chi connectivity index (χ1n) is 7.35. The van der Waals surface area contributed by atoms with Gasteiger partial charge in [-0.3, -0.25) is 0 Å². The standard InChI is InChI=1S/C16H24ClNO/c1-3-9-18-13-5-4-6-14(11-13)19-16-8-7-12(2)10-15(16)17/h7-8,10,13-14,18H,3-6,9,11H2,1-2H3. The van der Waals surface area contributed by atoms with Crippen molar-refractivity contribution in [2.75, 3.05) is 6.54 Å². The summed E-state index contributed by atoms with van der Waals surface area (Å²) >= 11 is 6.23. The molecule has 0 saturated heterocycles. The van der Waals surface area contributed by atoms with Crippen LogP contribution in [0.15, 0.2) is 18.2 Å². The van der Waals surface area contributed by atoms with Crippen molar-refractivity contribution in [3.8, 4) is 5.75 Å². The van der Waals surface area contributed by atoms with Gasteiger partial charge in [0.05, 0.1) is 5.02 Å². The Kier molecular flexibility index (Phi) is 5.53. The van der Waals surface area contributed by atoms with E-state index >= 15 is 0 Å². The Morgan fingerprint density at radius 3 is 2.95 bits per heavy atom. The molecule has 1 fully saturated rings. The van der Waals surface area contributed by atoms with Crippen LogP contribution in [0.4, 0.5) is 0 Å². The normalized spacial score (nSPS) is 23.3. The number of hydrogen-bond donors (Lipinski definition) is 1. The largest absolute Gasteiger partial charge is 0.489 e. The van der Waals surface area contributed by atoms with Crippen LogP contribution in [-0.2, 0) is 0 Å². The van der Waals surface area contributed by atoms with Gasteiger partial charge < -0.3 is 10.1 Å². The molecule has 106 valence electrons. The van der Waals surface area contributed by atoms with Crippen molar-refractivity contribution < 1.29 is 4.74 Å². The minimum atomic E-state index is 0.295. The topological polar surface area (TPSA) is 21.3 Å². The Hall–Kier alpha value is -0.730. The van der Waals surface area contributed by atoms with Crippen LogP contribution < -0.4 is 10.1 Å². The molecule has 3 heteroatoms. The number of nitrogens with one attached hydrogen (secondary N) is 1. The van der Waals surface area contributed by atoms with Gasteiger partial charge in [-0.25, -0.2) is 0 Å². The average Bonchev–Trinajstić information content (AvgIpc) is 2.40. The number of rotatable bonds is 5. The average molecular weight is 282 g/mol. The Balaban J connectivity index is 1.91. The predicted molar refractivity (Wildman–Crippen MR) is 81.2 cm³/mol. The van der Waals surface area contributed by atoms with E-state index in [1.54, 1.807) is 0 Å². The molecule has 2 atom stereocenters. The van der Waals surface area contributed by atoms with E-state index in [2.05, 4.69) is 18.3 Å². The summed E-state index contributed by atoms with van der Waals surface area (Å²) in [7, 11) is 0. The maximum atomic E-state index is 6.23. The van der Waals surface area contributed by atoms with Gasteiger partial charge in [0.25, 0.3) is 0 Å². The van der Waals surface area contributed by atoms with Crippen LogP contribution in [0, 0.1) is 6.92 Å². The van der Waals surface area contributed by atoms with Gasteiger partial charge in [0, 0.05) is 6.04 Å². The van der Waals surface area contributed by atoms with Gasteiger partial charge in [0.2, 0.25) is 0 Å². The Labute approximate surface area is 121 Å². The number of hydrogen-bond acceptors (Lipinski definition) is 2. The monoisotopic (exact) mass is 281 g/mol. The molecule has 0 spiro atoms. The van der Waals surface area contributed by atoms with Crippen molar-refractivity contribution >= 4 is 11.6 Å². The number of ether oxygens (including phenoxy) is 1. The van der Waals surface area contributed by atoms with Crippen LogP contribution >= 0.6 is 11.6 Å². The van der Waals surface area contributed by atoms with Crippen molar-refractivity contribution in [3.05, 3.63) is 28.8 Å². The lowest BCUT2D eigenvalue weighted by atomic mass is 9.92. The number of halogens is 1. The van der Waals surface area contributed by atoms with Gasteiger partial charge in [0.15, 0.2) is 0 Å². The van der Waals surface area contributed by atoms with E-state index in [0.29, 0.717) is 12.1 Å². The molecule has 2 nitrogen and oxygen atoms in total. The van der Waals surface area contributed by atoms with Crippen LogP contribution in [0.3, 0.4) is 0 Å². The molecule has 1 aromatic carbocycles. The Morgan fingerprint density at radius 2 is 2.21 bits per heavy atom. The van der Waals surface area contributed by atoms with Crippen molar-refractivity contribution in [2.24, 2.45) is 0 Å². The molecule has 1 aliphatic carbocycles. The highest BCUT2D eigenvalue weighted by Crippen LogP contribution is 2.29. The summed E-state index contributed by atoms with van der Waals surface area (Å²) in [5, 5.41) is 4.32. The summed E-state index contributed by atoms with van der Waals surface area (Å²) in [5.41, 5.74) is 1.17. The highest BCUT2D eigenvalue weighted by atomic mass is 35.5. The van der Waals surface area contributed by atoms with Crippen LogP contribution in [0.25, 0.3) is 0 Å². The van der Waals surface area contributed by atoms with E-state index in [4.69, 9.17) is 16.3 Å². The first-order valence-corrected chi connectivity index (χ1v) is 7.73. The van der Waals surface area contributed by atoms with Crippen LogP contribution in [0.1, 0.15) is 44.6 Å². The van der Waals surface area contributed by atoms with Crippen LogP contribution in [0.2, 0.25) is 5.02 Å². The lowest BCUT2D eigenvalue weighted by Gasteiger charge is -2.30. The highest BCUT2D eigenvalue weighted by molar-refractivity contribution is 6.32. The lowest BCUT2D eigenvalue weighted by Crippen LogP contribution is -2.38. The van der Waals surface area contributed by atoms with Crippen molar-refractivity contribution in [1.29, 1.82) is 0 Å². The van der Waals surface area contributed by atoms with E-state index in [0.717, 1.165) is 30.2 Å². The first kappa shape index (κ1) is 14.7. The summed E-state index contributed by atoms with van der Waals surface area (Å²) < 4.78 is 6.08. The molecule has 0 amide bonds. The van der Waals surface area contributed by atoms with Gasteiger partial charge in [-0.05, 0) is 63.3 Å². The van der Waals surface area contributed by atoms with Crippen molar-refractivity contribution in [2.45, 2.75) is 58.1 Å². The minimum absolute atomic E-state index is 0.295. The number of aryl methyl sites for hydroxylation is 1. The molecule has 1 aromatic rings. The molecule has 0 bridgehead atoms. The number of benzene rings is 1. The van der Waals surface area contributed by atoms with Crippen molar-refractivity contribution in [1.82, 2.24) is 5.32 Å². The van der Waals surface area contributed by atoms with E-state index in [-0.39, 0.29) is 0 Å². The van der Waals surface area contributed by atoms with E-state index in [1.165, 1.54) is 24.8 Å². The lowest BCUT2D eigenvalue weighted by molar-refractivity contribution is 0.135. The second-order valence-electron chi connectivity index (χ2n) is 5.49. The third kappa shape index (κ3) is 4.39. The summed E-state index contributed by atoms with van der Waals surface area (Å²) in [6, 6.07) is 6.60. The fourth-order valence-corrected chi connectivity index (χ4v) is 2.95. The zero-order chi connectivity index (χ0) is 13.7.